The van der Waals surface area contributed by atoms with E-state index < -0.39 is 41.7 Å². The van der Waals surface area contributed by atoms with Gasteiger partial charge in [-0.3, -0.25) is 19.9 Å². The maximum Gasteiger partial charge on any atom is 0.422 e. The molecule has 8 nitrogen and oxygen atoms in total. The van der Waals surface area contributed by atoms with Crippen molar-refractivity contribution in [2.75, 3.05) is 7.05 Å². The van der Waals surface area contributed by atoms with Crippen molar-refractivity contribution < 1.29 is 24.2 Å². The second-order valence-corrected chi connectivity index (χ2v) is 9.93. The highest BCUT2D eigenvalue weighted by Crippen LogP contribution is 2.31. The van der Waals surface area contributed by atoms with Crippen LogP contribution in [0.3, 0.4) is 0 Å². The Balaban J connectivity index is 2.00. The molecule has 2 aliphatic rings. The molecule has 32 heavy (non-hydrogen) atoms. The topological polar surface area (TPSA) is 99.2 Å². The van der Waals surface area contributed by atoms with Crippen LogP contribution in [0.5, 0.6) is 0 Å². The summed E-state index contributed by atoms with van der Waals surface area (Å²) < 4.78 is 5.35. The van der Waals surface area contributed by atoms with E-state index in [9.17, 15) is 19.5 Å². The van der Waals surface area contributed by atoms with Gasteiger partial charge in [-0.05, 0) is 27.2 Å². The van der Waals surface area contributed by atoms with E-state index >= 15 is 0 Å². The summed E-state index contributed by atoms with van der Waals surface area (Å²) in [5.74, 6) is -1.40. The summed E-state index contributed by atoms with van der Waals surface area (Å²) in [6, 6.07) is -1.50. The predicted octanol–water partition coefficient (Wildman–Crippen LogP) is 3.54. The Morgan fingerprint density at radius 2 is 1.66 bits per heavy atom. The van der Waals surface area contributed by atoms with Crippen molar-refractivity contribution in [3.8, 4) is 0 Å². The highest BCUT2D eigenvalue weighted by Gasteiger charge is 2.52. The molecule has 0 saturated carbocycles. The second kappa shape index (κ2) is 11.8. The summed E-state index contributed by atoms with van der Waals surface area (Å²) in [6.07, 6.45) is 11.7. The van der Waals surface area contributed by atoms with Crippen LogP contribution in [0.1, 0.15) is 85.5 Å². The molecule has 0 aromatic rings. The van der Waals surface area contributed by atoms with E-state index in [4.69, 9.17) is 4.74 Å². The SMILES string of the molecule is CCCCCCCCCCC(O)C1C=CC2C(=O)N(C)C(=O)C2N1NC(=O)OC(C)(C)C. The number of carbonyl (C=O) groups is 3. The van der Waals surface area contributed by atoms with Crippen LogP contribution in [0.2, 0.25) is 0 Å². The number of nitrogens with one attached hydrogen (secondary N) is 1. The Kier molecular flexibility index (Phi) is 9.70. The molecule has 0 aromatic heterocycles. The lowest BCUT2D eigenvalue weighted by molar-refractivity contribution is -0.139. The molecular weight excluding hydrogens is 410 g/mol. The van der Waals surface area contributed by atoms with E-state index in [1.165, 1.54) is 44.2 Å². The van der Waals surface area contributed by atoms with Gasteiger partial charge in [-0.15, -0.1) is 0 Å². The lowest BCUT2D eigenvalue weighted by atomic mass is 9.91. The molecular formula is C24H41N3O5. The first-order valence-electron chi connectivity index (χ1n) is 12.0. The number of aliphatic hydroxyl groups excluding tert-OH is 1. The van der Waals surface area contributed by atoms with E-state index in [2.05, 4.69) is 12.3 Å². The average Bonchev–Trinajstić information content (AvgIpc) is 2.93. The predicted molar refractivity (Wildman–Crippen MR) is 122 cm³/mol. The first-order valence-corrected chi connectivity index (χ1v) is 12.0. The normalized spacial score (nSPS) is 24.6. The van der Waals surface area contributed by atoms with E-state index in [-0.39, 0.29) is 5.91 Å². The number of aliphatic hydroxyl groups is 1. The van der Waals surface area contributed by atoms with Crippen LogP contribution in [-0.4, -0.2) is 63.8 Å². The van der Waals surface area contributed by atoms with Crippen LogP contribution >= 0.6 is 0 Å². The Morgan fingerprint density at radius 3 is 2.25 bits per heavy atom. The van der Waals surface area contributed by atoms with Crippen molar-refractivity contribution in [2.24, 2.45) is 5.92 Å². The number of likely N-dealkylation sites (tertiary alicyclic amines) is 1. The molecule has 2 rings (SSSR count). The van der Waals surface area contributed by atoms with Crippen LogP contribution in [0.4, 0.5) is 4.79 Å². The van der Waals surface area contributed by atoms with Crippen LogP contribution in [0.15, 0.2) is 12.2 Å². The standard InChI is InChI=1S/C24H41N3O5/c1-6-7-8-9-10-11-12-13-14-19(28)18-16-15-17-20(22(30)26(5)21(17)29)27(18)25-23(31)32-24(2,3)4/h15-20,28H,6-14H2,1-5H3,(H,25,31). The minimum absolute atomic E-state index is 0.316. The fourth-order valence-electron chi connectivity index (χ4n) is 4.33. The molecule has 182 valence electrons. The summed E-state index contributed by atoms with van der Waals surface area (Å²) in [6.45, 7) is 7.45. The minimum Gasteiger partial charge on any atom is -0.443 e. The van der Waals surface area contributed by atoms with Crippen molar-refractivity contribution >= 4 is 17.9 Å². The van der Waals surface area contributed by atoms with Gasteiger partial charge in [-0.25, -0.2) is 4.79 Å². The van der Waals surface area contributed by atoms with Crippen molar-refractivity contribution in [1.82, 2.24) is 15.3 Å². The summed E-state index contributed by atoms with van der Waals surface area (Å²) >= 11 is 0. The number of hydrazine groups is 1. The van der Waals surface area contributed by atoms with Gasteiger partial charge in [-0.2, -0.15) is 5.01 Å². The number of imide groups is 1. The highest BCUT2D eigenvalue weighted by atomic mass is 16.6. The number of hydrogen-bond acceptors (Lipinski definition) is 6. The monoisotopic (exact) mass is 451 g/mol. The molecule has 1 fully saturated rings. The number of unbranched alkanes of at least 4 members (excludes halogenated alkanes) is 7. The molecule has 0 radical (unpaired) electrons. The number of nitrogens with zero attached hydrogens (tertiary/aromatic N) is 2. The molecule has 4 atom stereocenters. The summed E-state index contributed by atoms with van der Waals surface area (Å²) in [5, 5.41) is 12.3. The maximum atomic E-state index is 12.8. The largest absolute Gasteiger partial charge is 0.443 e. The van der Waals surface area contributed by atoms with Gasteiger partial charge in [0, 0.05) is 7.05 Å². The smallest absolute Gasteiger partial charge is 0.422 e. The molecule has 3 amide bonds. The Labute approximate surface area is 192 Å². The fourth-order valence-corrected chi connectivity index (χ4v) is 4.33. The van der Waals surface area contributed by atoms with Crippen molar-refractivity contribution in [1.29, 1.82) is 0 Å². The number of rotatable bonds is 11. The zero-order chi connectivity index (χ0) is 23.9. The van der Waals surface area contributed by atoms with Crippen molar-refractivity contribution in [3.63, 3.8) is 0 Å². The highest BCUT2D eigenvalue weighted by molar-refractivity contribution is 6.08. The zero-order valence-electron chi connectivity index (χ0n) is 20.3. The van der Waals surface area contributed by atoms with Crippen molar-refractivity contribution in [3.05, 3.63) is 12.2 Å². The maximum absolute atomic E-state index is 12.8. The molecule has 2 aliphatic heterocycles. The van der Waals surface area contributed by atoms with Crippen molar-refractivity contribution in [2.45, 2.75) is 109 Å². The molecule has 0 aliphatic carbocycles. The number of amides is 3. The Bertz CT molecular complexity index is 688. The lowest BCUT2D eigenvalue weighted by Gasteiger charge is -2.40. The van der Waals surface area contributed by atoms with Gasteiger partial charge >= 0.3 is 6.09 Å². The first kappa shape index (κ1) is 26.3. The minimum atomic E-state index is -0.886. The van der Waals surface area contributed by atoms with Gasteiger partial charge in [0.15, 0.2) is 0 Å². The van der Waals surface area contributed by atoms with Gasteiger partial charge in [0.2, 0.25) is 11.8 Å². The third kappa shape index (κ3) is 7.04. The second-order valence-electron chi connectivity index (χ2n) is 9.93. The molecule has 2 N–H and O–H groups in total. The summed E-state index contributed by atoms with van der Waals surface area (Å²) in [5.41, 5.74) is 1.93. The molecule has 0 bridgehead atoms. The summed E-state index contributed by atoms with van der Waals surface area (Å²) in [4.78, 5) is 38.8. The van der Waals surface area contributed by atoms with Gasteiger partial charge < -0.3 is 9.84 Å². The average molecular weight is 452 g/mol. The molecule has 2 heterocycles. The van der Waals surface area contributed by atoms with E-state index in [1.54, 1.807) is 32.9 Å². The Hall–Kier alpha value is -1.93. The molecule has 4 unspecified atom stereocenters. The van der Waals surface area contributed by atoms with Gasteiger partial charge in [0.05, 0.1) is 18.1 Å². The van der Waals surface area contributed by atoms with Gasteiger partial charge in [0.1, 0.15) is 11.6 Å². The van der Waals surface area contributed by atoms with Gasteiger partial charge in [-0.1, -0.05) is 70.4 Å². The molecule has 8 heteroatoms. The molecule has 0 aromatic carbocycles. The molecule has 0 spiro atoms. The quantitative estimate of drug-likeness (QED) is 0.283. The van der Waals surface area contributed by atoms with E-state index in [0.717, 1.165) is 24.2 Å². The van der Waals surface area contributed by atoms with Gasteiger partial charge in [0.25, 0.3) is 0 Å². The number of hydrogen-bond donors (Lipinski definition) is 2. The number of ether oxygens (including phenoxy) is 1. The Morgan fingerprint density at radius 1 is 1.06 bits per heavy atom. The van der Waals surface area contributed by atoms with E-state index in [0.29, 0.717) is 6.42 Å². The van der Waals surface area contributed by atoms with Crippen LogP contribution in [0.25, 0.3) is 0 Å². The van der Waals surface area contributed by atoms with Crippen LogP contribution in [-0.2, 0) is 14.3 Å². The first-order chi connectivity index (χ1) is 15.1. The lowest BCUT2D eigenvalue weighted by Crippen LogP contribution is -2.62. The molecule has 1 saturated heterocycles. The third-order valence-electron chi connectivity index (χ3n) is 6.04. The zero-order valence-corrected chi connectivity index (χ0v) is 20.3. The number of carbonyl (C=O) groups excluding carboxylic acids is 3. The van der Waals surface area contributed by atoms with E-state index in [1.807, 2.05) is 0 Å². The fraction of sp³-hybridized carbons (Fsp3) is 0.792. The van der Waals surface area contributed by atoms with Crippen LogP contribution < -0.4 is 5.43 Å². The summed E-state index contributed by atoms with van der Waals surface area (Å²) in [7, 11) is 1.44. The van der Waals surface area contributed by atoms with Crippen LogP contribution in [0, 0.1) is 5.92 Å². The number of likely N-dealkylation sites (N-methyl/N-ethyl adjacent to an activating group) is 1. The number of fused-ring (bicyclic) bond motifs is 1. The third-order valence-corrected chi connectivity index (χ3v) is 6.04.